The summed E-state index contributed by atoms with van der Waals surface area (Å²) in [6.45, 7) is 11.0. The normalized spacial score (nSPS) is 19.6. The molecule has 2 rings (SSSR count). The molecule has 1 aromatic heterocycles. The molecule has 0 radical (unpaired) electrons. The summed E-state index contributed by atoms with van der Waals surface area (Å²) in [5, 5.41) is 0. The average Bonchev–Trinajstić information content (AvgIpc) is 2.56. The van der Waals surface area contributed by atoms with Gasteiger partial charge in [-0.3, -0.25) is 9.69 Å². The molecule has 2 heterocycles. The number of rotatable bonds is 3. The maximum absolute atomic E-state index is 12.4. The first kappa shape index (κ1) is 14.3. The van der Waals surface area contributed by atoms with E-state index in [0.29, 0.717) is 13.2 Å². The van der Waals surface area contributed by atoms with E-state index in [1.807, 2.05) is 27.0 Å². The van der Waals surface area contributed by atoms with Crippen molar-refractivity contribution in [3.05, 3.63) is 23.0 Å². The van der Waals surface area contributed by atoms with Crippen molar-refractivity contribution in [1.82, 2.24) is 9.47 Å². The quantitative estimate of drug-likeness (QED) is 0.782. The number of Topliss-reactive ketones (excluding diaryl/α,β-unsaturated/α-hetero) is 1. The number of aromatic nitrogens is 1. The second-order valence-electron chi connectivity index (χ2n) is 6.09. The third-order valence-corrected chi connectivity index (χ3v) is 3.95. The molecule has 19 heavy (non-hydrogen) atoms. The molecule has 0 N–H and O–H groups in total. The first-order chi connectivity index (χ1) is 8.80. The molecule has 4 nitrogen and oxygen atoms in total. The molecule has 1 aliphatic heterocycles. The summed E-state index contributed by atoms with van der Waals surface area (Å²) in [5.74, 6) is 0.207. The summed E-state index contributed by atoms with van der Waals surface area (Å²) < 4.78 is 7.74. The highest BCUT2D eigenvalue weighted by molar-refractivity contribution is 5.99. The van der Waals surface area contributed by atoms with Crippen molar-refractivity contribution in [2.24, 2.45) is 7.05 Å². The molecule has 0 aliphatic carbocycles. The maximum atomic E-state index is 12.4. The van der Waals surface area contributed by atoms with E-state index < -0.39 is 0 Å². The Bertz CT molecular complexity index is 489. The lowest BCUT2D eigenvalue weighted by molar-refractivity contribution is -0.0833. The maximum Gasteiger partial charge on any atom is 0.178 e. The Labute approximate surface area is 115 Å². The molecule has 1 fully saturated rings. The van der Waals surface area contributed by atoms with Crippen LogP contribution >= 0.6 is 0 Å². The van der Waals surface area contributed by atoms with Crippen molar-refractivity contribution in [2.75, 3.05) is 26.2 Å². The van der Waals surface area contributed by atoms with E-state index in [9.17, 15) is 4.79 Å². The van der Waals surface area contributed by atoms with Crippen LogP contribution in [0.15, 0.2) is 6.07 Å². The molecule has 0 saturated carbocycles. The van der Waals surface area contributed by atoms with E-state index >= 15 is 0 Å². The van der Waals surface area contributed by atoms with Gasteiger partial charge in [0, 0.05) is 37.1 Å². The van der Waals surface area contributed by atoms with Crippen molar-refractivity contribution >= 4 is 5.78 Å². The summed E-state index contributed by atoms with van der Waals surface area (Å²) in [4.78, 5) is 14.6. The summed E-state index contributed by atoms with van der Waals surface area (Å²) in [6.07, 6.45) is 0. The van der Waals surface area contributed by atoms with Gasteiger partial charge >= 0.3 is 0 Å². The number of aryl methyl sites for hydroxylation is 1. The van der Waals surface area contributed by atoms with E-state index in [1.54, 1.807) is 0 Å². The number of carbonyl (C=O) groups excluding carboxylic acids is 1. The van der Waals surface area contributed by atoms with Crippen LogP contribution in [0.3, 0.4) is 0 Å². The zero-order chi connectivity index (χ0) is 14.2. The van der Waals surface area contributed by atoms with E-state index in [2.05, 4.69) is 23.3 Å². The lowest BCUT2D eigenvalue weighted by atomic mass is 10.1. The Morgan fingerprint density at radius 3 is 2.63 bits per heavy atom. The summed E-state index contributed by atoms with van der Waals surface area (Å²) in [7, 11) is 2.00. The van der Waals surface area contributed by atoms with Gasteiger partial charge in [-0.25, -0.2) is 0 Å². The number of hydrogen-bond acceptors (Lipinski definition) is 3. The minimum Gasteiger partial charge on any atom is -0.373 e. The number of nitrogens with zero attached hydrogens (tertiary/aromatic N) is 2. The molecule has 1 aliphatic rings. The van der Waals surface area contributed by atoms with E-state index in [1.165, 1.54) is 0 Å². The van der Waals surface area contributed by atoms with Gasteiger partial charge in [0.1, 0.15) is 0 Å². The second kappa shape index (κ2) is 5.10. The number of morpholine rings is 1. The van der Waals surface area contributed by atoms with Crippen LogP contribution in [-0.2, 0) is 11.8 Å². The summed E-state index contributed by atoms with van der Waals surface area (Å²) in [5.41, 5.74) is 2.88. The molecule has 0 bridgehead atoms. The molecule has 0 amide bonds. The van der Waals surface area contributed by atoms with Gasteiger partial charge in [0.05, 0.1) is 18.8 Å². The smallest absolute Gasteiger partial charge is 0.178 e. The average molecular weight is 264 g/mol. The first-order valence-electron chi connectivity index (χ1n) is 6.82. The van der Waals surface area contributed by atoms with Crippen LogP contribution in [0.2, 0.25) is 0 Å². The fraction of sp³-hybridized carbons (Fsp3) is 0.667. The zero-order valence-corrected chi connectivity index (χ0v) is 12.6. The number of ether oxygens (including phenoxy) is 1. The van der Waals surface area contributed by atoms with Crippen molar-refractivity contribution < 1.29 is 9.53 Å². The summed E-state index contributed by atoms with van der Waals surface area (Å²) >= 11 is 0. The number of hydrogen-bond donors (Lipinski definition) is 0. The van der Waals surface area contributed by atoms with Crippen LogP contribution in [0.4, 0.5) is 0 Å². The molecule has 0 unspecified atom stereocenters. The predicted molar refractivity (Wildman–Crippen MR) is 75.7 cm³/mol. The molecular formula is C15H24N2O2. The largest absolute Gasteiger partial charge is 0.373 e. The first-order valence-corrected chi connectivity index (χ1v) is 6.82. The highest BCUT2D eigenvalue weighted by atomic mass is 16.5. The Hall–Kier alpha value is -1.13. The SMILES string of the molecule is Cc1cc(C(=O)CN2CCOC(C)(C)C2)c(C)n1C. The molecule has 4 heteroatoms. The van der Waals surface area contributed by atoms with Crippen molar-refractivity contribution in [3.8, 4) is 0 Å². The highest BCUT2D eigenvalue weighted by Gasteiger charge is 2.28. The Balaban J connectivity index is 2.07. The topological polar surface area (TPSA) is 34.5 Å². The second-order valence-corrected chi connectivity index (χ2v) is 6.09. The van der Waals surface area contributed by atoms with Gasteiger partial charge in [-0.05, 0) is 33.8 Å². The molecule has 0 spiro atoms. The Morgan fingerprint density at radius 2 is 2.11 bits per heavy atom. The molecular weight excluding hydrogens is 240 g/mol. The van der Waals surface area contributed by atoms with Crippen LogP contribution < -0.4 is 0 Å². The van der Waals surface area contributed by atoms with Crippen LogP contribution in [-0.4, -0.2) is 47.1 Å². The lowest BCUT2D eigenvalue weighted by Crippen LogP contribution is -2.49. The third-order valence-electron chi connectivity index (χ3n) is 3.95. The third kappa shape index (κ3) is 3.07. The fourth-order valence-electron chi connectivity index (χ4n) is 2.68. The molecule has 0 aromatic carbocycles. The van der Waals surface area contributed by atoms with Crippen LogP contribution in [0, 0.1) is 13.8 Å². The van der Waals surface area contributed by atoms with Gasteiger partial charge in [0.15, 0.2) is 5.78 Å². The summed E-state index contributed by atoms with van der Waals surface area (Å²) in [6, 6.07) is 1.99. The monoisotopic (exact) mass is 264 g/mol. The van der Waals surface area contributed by atoms with Gasteiger partial charge in [-0.15, -0.1) is 0 Å². The molecule has 1 saturated heterocycles. The van der Waals surface area contributed by atoms with Crippen LogP contribution in [0.25, 0.3) is 0 Å². The van der Waals surface area contributed by atoms with Gasteiger partial charge in [-0.1, -0.05) is 0 Å². The van der Waals surface area contributed by atoms with Crippen LogP contribution in [0.1, 0.15) is 35.6 Å². The zero-order valence-electron chi connectivity index (χ0n) is 12.6. The minimum atomic E-state index is -0.153. The Kier molecular flexibility index (Phi) is 3.83. The minimum absolute atomic E-state index is 0.153. The van der Waals surface area contributed by atoms with E-state index in [4.69, 9.17) is 4.74 Å². The van der Waals surface area contributed by atoms with Gasteiger partial charge in [0.25, 0.3) is 0 Å². The van der Waals surface area contributed by atoms with Gasteiger partial charge in [-0.2, -0.15) is 0 Å². The Morgan fingerprint density at radius 1 is 1.42 bits per heavy atom. The standard InChI is InChI=1S/C15H24N2O2/c1-11-8-13(12(2)16(11)5)14(18)9-17-6-7-19-15(3,4)10-17/h8H,6-7,9-10H2,1-5H3. The van der Waals surface area contributed by atoms with E-state index in [0.717, 1.165) is 30.0 Å². The van der Waals surface area contributed by atoms with E-state index in [-0.39, 0.29) is 11.4 Å². The fourth-order valence-corrected chi connectivity index (χ4v) is 2.68. The van der Waals surface area contributed by atoms with Crippen molar-refractivity contribution in [2.45, 2.75) is 33.3 Å². The highest BCUT2D eigenvalue weighted by Crippen LogP contribution is 2.18. The lowest BCUT2D eigenvalue weighted by Gasteiger charge is -2.37. The molecule has 1 aromatic rings. The van der Waals surface area contributed by atoms with Crippen LogP contribution in [0.5, 0.6) is 0 Å². The van der Waals surface area contributed by atoms with Crippen molar-refractivity contribution in [1.29, 1.82) is 0 Å². The number of carbonyl (C=O) groups is 1. The molecule has 106 valence electrons. The van der Waals surface area contributed by atoms with Crippen molar-refractivity contribution in [3.63, 3.8) is 0 Å². The number of ketones is 1. The molecule has 0 atom stereocenters. The van der Waals surface area contributed by atoms with Gasteiger partial charge < -0.3 is 9.30 Å². The van der Waals surface area contributed by atoms with Gasteiger partial charge in [0.2, 0.25) is 0 Å². The predicted octanol–water partition coefficient (Wildman–Crippen LogP) is 1.94.